The van der Waals surface area contributed by atoms with Crippen molar-refractivity contribution >= 4 is 11.8 Å². The van der Waals surface area contributed by atoms with E-state index >= 15 is 0 Å². The lowest BCUT2D eigenvalue weighted by atomic mass is 10.0. The van der Waals surface area contributed by atoms with Crippen LogP contribution in [0.15, 0.2) is 61.2 Å². The Morgan fingerprint density at radius 2 is 1.90 bits per heavy atom. The molecule has 3 rings (SSSR count). The van der Waals surface area contributed by atoms with Crippen molar-refractivity contribution in [1.82, 2.24) is 14.8 Å². The Labute approximate surface area is 120 Å². The SMILES string of the molecule is O=C(O)Nc1cccc(-c2ccccc2)c1-n1cncn1. The van der Waals surface area contributed by atoms with Crippen LogP contribution in [0, 0.1) is 0 Å². The summed E-state index contributed by atoms with van der Waals surface area (Å²) in [7, 11) is 0. The molecule has 0 radical (unpaired) electrons. The fourth-order valence-electron chi connectivity index (χ4n) is 2.18. The maximum Gasteiger partial charge on any atom is 0.409 e. The summed E-state index contributed by atoms with van der Waals surface area (Å²) in [4.78, 5) is 14.9. The van der Waals surface area contributed by atoms with Gasteiger partial charge in [0.05, 0.1) is 11.4 Å². The molecule has 0 spiro atoms. The van der Waals surface area contributed by atoms with E-state index < -0.39 is 6.09 Å². The standard InChI is InChI=1S/C15H12N4O2/c20-15(21)18-13-8-4-7-12(11-5-2-1-3-6-11)14(13)19-10-16-9-17-19/h1-10,18H,(H,20,21). The molecule has 2 N–H and O–H groups in total. The second-order valence-corrected chi connectivity index (χ2v) is 4.34. The lowest BCUT2D eigenvalue weighted by Gasteiger charge is -2.14. The topological polar surface area (TPSA) is 80.0 Å². The van der Waals surface area contributed by atoms with Crippen LogP contribution in [0.4, 0.5) is 10.5 Å². The first-order chi connectivity index (χ1) is 10.3. The average molecular weight is 280 g/mol. The van der Waals surface area contributed by atoms with E-state index in [0.29, 0.717) is 11.4 Å². The highest BCUT2D eigenvalue weighted by atomic mass is 16.4. The Kier molecular flexibility index (Phi) is 3.34. The van der Waals surface area contributed by atoms with Gasteiger partial charge < -0.3 is 5.11 Å². The largest absolute Gasteiger partial charge is 0.465 e. The van der Waals surface area contributed by atoms with E-state index in [2.05, 4.69) is 15.4 Å². The van der Waals surface area contributed by atoms with Crippen LogP contribution in [0.1, 0.15) is 0 Å². The summed E-state index contributed by atoms with van der Waals surface area (Å²) in [6.45, 7) is 0. The summed E-state index contributed by atoms with van der Waals surface area (Å²) in [5.74, 6) is 0. The van der Waals surface area contributed by atoms with Gasteiger partial charge in [-0.05, 0) is 11.6 Å². The van der Waals surface area contributed by atoms with Gasteiger partial charge in [0.25, 0.3) is 0 Å². The van der Waals surface area contributed by atoms with Crippen LogP contribution in [-0.2, 0) is 0 Å². The molecule has 0 aliphatic carbocycles. The summed E-state index contributed by atoms with van der Waals surface area (Å²) < 4.78 is 1.55. The van der Waals surface area contributed by atoms with Gasteiger partial charge in [0.2, 0.25) is 0 Å². The van der Waals surface area contributed by atoms with E-state index in [1.54, 1.807) is 16.8 Å². The van der Waals surface area contributed by atoms with Crippen molar-refractivity contribution in [1.29, 1.82) is 0 Å². The molecule has 6 heteroatoms. The van der Waals surface area contributed by atoms with Gasteiger partial charge in [-0.25, -0.2) is 14.5 Å². The highest BCUT2D eigenvalue weighted by Gasteiger charge is 2.14. The van der Waals surface area contributed by atoms with Gasteiger partial charge in [-0.1, -0.05) is 42.5 Å². The molecule has 0 saturated carbocycles. The predicted octanol–water partition coefficient (Wildman–Crippen LogP) is 3.02. The molecule has 0 atom stereocenters. The molecule has 3 aromatic rings. The van der Waals surface area contributed by atoms with Crippen LogP contribution in [0.3, 0.4) is 0 Å². The second-order valence-electron chi connectivity index (χ2n) is 4.34. The molecule has 0 aliphatic rings. The van der Waals surface area contributed by atoms with E-state index in [-0.39, 0.29) is 0 Å². The minimum absolute atomic E-state index is 0.453. The average Bonchev–Trinajstić information content (AvgIpc) is 3.01. The summed E-state index contributed by atoms with van der Waals surface area (Å²) >= 11 is 0. The Morgan fingerprint density at radius 1 is 1.10 bits per heavy atom. The molecule has 0 bridgehead atoms. The number of hydrogen-bond donors (Lipinski definition) is 2. The fourth-order valence-corrected chi connectivity index (χ4v) is 2.18. The molecular formula is C15H12N4O2. The Hall–Kier alpha value is -3.15. The molecule has 1 amide bonds. The second kappa shape index (κ2) is 5.46. The molecule has 0 unspecified atom stereocenters. The first kappa shape index (κ1) is 12.9. The fraction of sp³-hybridized carbons (Fsp3) is 0. The van der Waals surface area contributed by atoms with Crippen LogP contribution >= 0.6 is 0 Å². The number of benzene rings is 2. The molecular weight excluding hydrogens is 268 g/mol. The smallest absolute Gasteiger partial charge is 0.409 e. The third kappa shape index (κ3) is 2.59. The van der Waals surface area contributed by atoms with Crippen LogP contribution in [0.25, 0.3) is 16.8 Å². The lowest BCUT2D eigenvalue weighted by Crippen LogP contribution is -2.11. The Morgan fingerprint density at radius 3 is 2.57 bits per heavy atom. The monoisotopic (exact) mass is 280 g/mol. The zero-order valence-corrected chi connectivity index (χ0v) is 11.0. The van der Waals surface area contributed by atoms with E-state index in [9.17, 15) is 4.79 Å². The number of aromatic nitrogens is 3. The van der Waals surface area contributed by atoms with Gasteiger partial charge in [-0.15, -0.1) is 0 Å². The number of para-hydroxylation sites is 1. The molecule has 104 valence electrons. The minimum atomic E-state index is -1.12. The third-order valence-corrected chi connectivity index (χ3v) is 3.01. The van der Waals surface area contributed by atoms with E-state index in [0.717, 1.165) is 11.1 Å². The summed E-state index contributed by atoms with van der Waals surface area (Å²) in [6, 6.07) is 15.1. The van der Waals surface area contributed by atoms with Crippen molar-refractivity contribution in [2.24, 2.45) is 0 Å². The van der Waals surface area contributed by atoms with Crippen molar-refractivity contribution in [3.05, 3.63) is 61.2 Å². The van der Waals surface area contributed by atoms with Crippen LogP contribution in [0.5, 0.6) is 0 Å². The van der Waals surface area contributed by atoms with Gasteiger partial charge in [0.15, 0.2) is 0 Å². The Bertz CT molecular complexity index is 755. The number of nitrogens with zero attached hydrogens (tertiary/aromatic N) is 3. The predicted molar refractivity (Wildman–Crippen MR) is 78.4 cm³/mol. The maximum absolute atomic E-state index is 11.0. The van der Waals surface area contributed by atoms with Gasteiger partial charge in [-0.2, -0.15) is 5.10 Å². The maximum atomic E-state index is 11.0. The molecule has 0 saturated heterocycles. The molecule has 2 aromatic carbocycles. The zero-order valence-electron chi connectivity index (χ0n) is 11.0. The van der Waals surface area contributed by atoms with E-state index in [1.807, 2.05) is 36.4 Å². The van der Waals surface area contributed by atoms with E-state index in [1.165, 1.54) is 12.7 Å². The minimum Gasteiger partial charge on any atom is -0.465 e. The number of rotatable bonds is 3. The van der Waals surface area contributed by atoms with Crippen LogP contribution < -0.4 is 5.32 Å². The molecule has 6 nitrogen and oxygen atoms in total. The first-order valence-corrected chi connectivity index (χ1v) is 6.29. The van der Waals surface area contributed by atoms with Crippen molar-refractivity contribution in [3.8, 4) is 16.8 Å². The van der Waals surface area contributed by atoms with Gasteiger partial charge >= 0.3 is 6.09 Å². The van der Waals surface area contributed by atoms with Gasteiger partial charge in [-0.3, -0.25) is 5.32 Å². The van der Waals surface area contributed by atoms with E-state index in [4.69, 9.17) is 5.11 Å². The molecule has 1 heterocycles. The van der Waals surface area contributed by atoms with Crippen molar-refractivity contribution in [3.63, 3.8) is 0 Å². The van der Waals surface area contributed by atoms with Crippen molar-refractivity contribution < 1.29 is 9.90 Å². The van der Waals surface area contributed by atoms with Crippen LogP contribution in [0.2, 0.25) is 0 Å². The number of hydrogen-bond acceptors (Lipinski definition) is 3. The number of nitrogens with one attached hydrogen (secondary N) is 1. The van der Waals surface area contributed by atoms with Crippen molar-refractivity contribution in [2.45, 2.75) is 0 Å². The molecule has 0 aliphatic heterocycles. The first-order valence-electron chi connectivity index (χ1n) is 6.29. The quantitative estimate of drug-likeness (QED) is 0.772. The number of carbonyl (C=O) groups is 1. The normalized spacial score (nSPS) is 10.3. The lowest BCUT2D eigenvalue weighted by molar-refractivity contribution is 0.209. The number of carboxylic acid groups (broad SMARTS) is 1. The Balaban J connectivity index is 2.22. The van der Waals surface area contributed by atoms with Gasteiger partial charge in [0, 0.05) is 5.56 Å². The summed E-state index contributed by atoms with van der Waals surface area (Å²) in [6.07, 6.45) is 1.82. The van der Waals surface area contributed by atoms with Crippen LogP contribution in [-0.4, -0.2) is 26.0 Å². The molecule has 21 heavy (non-hydrogen) atoms. The highest BCUT2D eigenvalue weighted by molar-refractivity contribution is 5.90. The highest BCUT2D eigenvalue weighted by Crippen LogP contribution is 2.32. The summed E-state index contributed by atoms with van der Waals surface area (Å²) in [5, 5.41) is 15.5. The number of amides is 1. The molecule has 0 fully saturated rings. The van der Waals surface area contributed by atoms with Crippen molar-refractivity contribution in [2.75, 3.05) is 5.32 Å². The zero-order chi connectivity index (χ0) is 14.7. The summed E-state index contributed by atoms with van der Waals surface area (Å²) in [5.41, 5.74) is 2.93. The molecule has 1 aromatic heterocycles. The number of anilines is 1. The third-order valence-electron chi connectivity index (χ3n) is 3.01. The van der Waals surface area contributed by atoms with Gasteiger partial charge in [0.1, 0.15) is 12.7 Å².